The number of ether oxygens (including phenoxy) is 1. The maximum Gasteiger partial charge on any atom is 0.263 e. The summed E-state index contributed by atoms with van der Waals surface area (Å²) >= 11 is 0. The monoisotopic (exact) mass is 449 g/mol. The Hall–Kier alpha value is -3.53. The molecule has 0 spiro atoms. The molecule has 1 amide bonds. The summed E-state index contributed by atoms with van der Waals surface area (Å²) in [5, 5.41) is 3.60. The number of fused-ring (bicyclic) bond motifs is 4. The minimum absolute atomic E-state index is 0.125. The van der Waals surface area contributed by atoms with Crippen molar-refractivity contribution in [2.75, 3.05) is 41.9 Å². The minimum Gasteiger partial charge on any atom is -0.377 e. The van der Waals surface area contributed by atoms with Gasteiger partial charge in [-0.2, -0.15) is 4.98 Å². The highest BCUT2D eigenvalue weighted by Gasteiger charge is 2.38. The molecule has 1 aromatic carbocycles. The molecule has 33 heavy (non-hydrogen) atoms. The summed E-state index contributed by atoms with van der Waals surface area (Å²) in [7, 11) is 3.24. The lowest BCUT2D eigenvalue weighted by molar-refractivity contribution is 0.0988. The van der Waals surface area contributed by atoms with E-state index in [4.69, 9.17) is 9.72 Å². The van der Waals surface area contributed by atoms with Gasteiger partial charge in [-0.1, -0.05) is 6.07 Å². The Balaban J connectivity index is 1.68. The molecule has 4 heterocycles. The summed E-state index contributed by atoms with van der Waals surface area (Å²) in [6.07, 6.45) is 3.59. The second kappa shape index (κ2) is 8.43. The molecule has 0 bridgehead atoms. The van der Waals surface area contributed by atoms with Gasteiger partial charge in [0.2, 0.25) is 5.95 Å². The van der Waals surface area contributed by atoms with E-state index in [0.29, 0.717) is 52.8 Å². The summed E-state index contributed by atoms with van der Waals surface area (Å²) in [4.78, 5) is 44.5. The quantitative estimate of drug-likeness (QED) is 0.630. The lowest BCUT2D eigenvalue weighted by atomic mass is 10.1. The Morgan fingerprint density at radius 3 is 2.88 bits per heavy atom. The van der Waals surface area contributed by atoms with Crippen LogP contribution in [0.15, 0.2) is 29.2 Å². The summed E-state index contributed by atoms with van der Waals surface area (Å²) in [5.41, 5.74) is 1.40. The number of carbonyl (C=O) groups excluding carboxylic acids is 1. The molecule has 1 fully saturated rings. The molecule has 0 aliphatic carbocycles. The number of benzene rings is 1. The number of hydrogen-bond donors (Lipinski definition) is 1. The first-order valence-electron chi connectivity index (χ1n) is 11.2. The van der Waals surface area contributed by atoms with Crippen molar-refractivity contribution in [2.45, 2.75) is 32.4 Å². The third-order valence-corrected chi connectivity index (χ3v) is 6.36. The number of hydrogen-bond acceptors (Lipinski definition) is 8. The van der Waals surface area contributed by atoms with Crippen molar-refractivity contribution in [1.29, 1.82) is 0 Å². The molecule has 1 atom stereocenters. The number of carbonyl (C=O) groups is 1. The third-order valence-electron chi connectivity index (χ3n) is 6.36. The second-order valence-corrected chi connectivity index (χ2v) is 8.36. The van der Waals surface area contributed by atoms with Crippen LogP contribution in [0.5, 0.6) is 0 Å². The van der Waals surface area contributed by atoms with Crippen molar-refractivity contribution in [3.63, 3.8) is 0 Å². The van der Waals surface area contributed by atoms with E-state index in [9.17, 15) is 9.59 Å². The zero-order valence-electron chi connectivity index (χ0n) is 19.0. The Kier molecular flexibility index (Phi) is 5.45. The first kappa shape index (κ1) is 21.3. The summed E-state index contributed by atoms with van der Waals surface area (Å²) in [6, 6.07) is 5.52. The third kappa shape index (κ3) is 3.50. The van der Waals surface area contributed by atoms with Crippen molar-refractivity contribution < 1.29 is 9.53 Å². The first-order valence-corrected chi connectivity index (χ1v) is 11.2. The first-order chi connectivity index (χ1) is 16.0. The Bertz CT molecular complexity index is 1290. The summed E-state index contributed by atoms with van der Waals surface area (Å²) in [6.45, 7) is 4.21. The fourth-order valence-electron chi connectivity index (χ4n) is 4.74. The van der Waals surface area contributed by atoms with Crippen LogP contribution in [0.25, 0.3) is 10.9 Å². The standard InChI is InChI=1S/C23H27N7O3/c1-4-24-23-25-11-16-20(27-23)29-10-6-7-14(29)12-30(22(16)32)17-9-5-8-15-19(17)26-18(13-33-3)28(2)21(15)31/h5,8-9,11,14H,4,6-7,10,12-13H2,1-3H3,(H,24,25,27)/t14-/m0/s1. The topological polar surface area (TPSA) is 105 Å². The zero-order chi connectivity index (χ0) is 23.1. The van der Waals surface area contributed by atoms with Gasteiger partial charge in [-0.05, 0) is 31.9 Å². The SMILES string of the molecule is CCNc1ncc2c(n1)N1CCC[C@H]1CN(c1cccc3c(=O)n(C)c(COC)nc13)C2=O. The highest BCUT2D eigenvalue weighted by atomic mass is 16.5. The molecule has 10 heteroatoms. The normalized spacial score (nSPS) is 17.8. The van der Waals surface area contributed by atoms with Gasteiger partial charge in [0.1, 0.15) is 29.3 Å². The maximum atomic E-state index is 13.8. The van der Waals surface area contributed by atoms with Crippen LogP contribution in [0, 0.1) is 0 Å². The number of amides is 1. The largest absolute Gasteiger partial charge is 0.377 e. The average molecular weight is 450 g/mol. The number of para-hydroxylation sites is 1. The molecule has 5 rings (SSSR count). The van der Waals surface area contributed by atoms with Crippen LogP contribution >= 0.6 is 0 Å². The molecule has 2 aliphatic heterocycles. The van der Waals surface area contributed by atoms with E-state index >= 15 is 0 Å². The van der Waals surface area contributed by atoms with Gasteiger partial charge in [-0.25, -0.2) is 9.97 Å². The zero-order valence-corrected chi connectivity index (χ0v) is 19.0. The molecule has 172 valence electrons. The molecule has 2 aromatic heterocycles. The van der Waals surface area contributed by atoms with Gasteiger partial charge >= 0.3 is 0 Å². The number of nitrogens with zero attached hydrogens (tertiary/aromatic N) is 6. The van der Waals surface area contributed by atoms with Crippen LogP contribution in [-0.4, -0.2) is 58.2 Å². The number of methoxy groups -OCH3 is 1. The Morgan fingerprint density at radius 2 is 2.09 bits per heavy atom. The molecule has 0 saturated carbocycles. The molecule has 0 radical (unpaired) electrons. The van der Waals surface area contributed by atoms with E-state index in [2.05, 4.69) is 20.2 Å². The van der Waals surface area contributed by atoms with Crippen molar-refractivity contribution in [3.8, 4) is 0 Å². The van der Waals surface area contributed by atoms with Crippen LogP contribution < -0.4 is 20.7 Å². The van der Waals surface area contributed by atoms with E-state index in [1.165, 1.54) is 4.57 Å². The molecular formula is C23H27N7O3. The minimum atomic E-state index is -0.189. The molecule has 2 aliphatic rings. The van der Waals surface area contributed by atoms with Gasteiger partial charge in [0.05, 0.1) is 11.1 Å². The van der Waals surface area contributed by atoms with Crippen molar-refractivity contribution in [1.82, 2.24) is 19.5 Å². The highest BCUT2D eigenvalue weighted by molar-refractivity contribution is 6.13. The number of nitrogens with one attached hydrogen (secondary N) is 1. The molecule has 1 N–H and O–H groups in total. The van der Waals surface area contributed by atoms with Gasteiger partial charge in [-0.15, -0.1) is 0 Å². The van der Waals surface area contributed by atoms with E-state index in [1.807, 2.05) is 13.0 Å². The highest BCUT2D eigenvalue weighted by Crippen LogP contribution is 2.35. The molecule has 3 aromatic rings. The summed E-state index contributed by atoms with van der Waals surface area (Å²) in [5.74, 6) is 1.50. The van der Waals surface area contributed by atoms with Crippen molar-refractivity contribution in [2.24, 2.45) is 7.05 Å². The van der Waals surface area contributed by atoms with Crippen LogP contribution in [0.2, 0.25) is 0 Å². The van der Waals surface area contributed by atoms with Gasteiger partial charge in [0.25, 0.3) is 11.5 Å². The van der Waals surface area contributed by atoms with Crippen molar-refractivity contribution >= 4 is 34.3 Å². The van der Waals surface area contributed by atoms with E-state index in [-0.39, 0.29) is 24.1 Å². The van der Waals surface area contributed by atoms with Crippen LogP contribution in [0.4, 0.5) is 17.5 Å². The lowest BCUT2D eigenvalue weighted by Crippen LogP contribution is -2.40. The van der Waals surface area contributed by atoms with E-state index in [0.717, 1.165) is 19.4 Å². The van der Waals surface area contributed by atoms with Crippen LogP contribution in [0.3, 0.4) is 0 Å². The van der Waals surface area contributed by atoms with Gasteiger partial charge < -0.3 is 19.9 Å². The Morgan fingerprint density at radius 1 is 1.24 bits per heavy atom. The van der Waals surface area contributed by atoms with E-state index in [1.54, 1.807) is 37.4 Å². The molecule has 0 unspecified atom stereocenters. The Labute approximate surface area is 191 Å². The molecule has 1 saturated heterocycles. The van der Waals surface area contributed by atoms with Crippen molar-refractivity contribution in [3.05, 3.63) is 46.1 Å². The molecular weight excluding hydrogens is 422 g/mol. The van der Waals surface area contributed by atoms with Gasteiger partial charge in [0, 0.05) is 46.0 Å². The van der Waals surface area contributed by atoms with Crippen LogP contribution in [-0.2, 0) is 18.4 Å². The average Bonchev–Trinajstić information content (AvgIpc) is 3.25. The molecule has 10 nitrogen and oxygen atoms in total. The summed E-state index contributed by atoms with van der Waals surface area (Å²) < 4.78 is 6.73. The number of aromatic nitrogens is 4. The predicted molar refractivity (Wildman–Crippen MR) is 126 cm³/mol. The number of rotatable bonds is 5. The van der Waals surface area contributed by atoms with Gasteiger partial charge in [0.15, 0.2) is 0 Å². The van der Waals surface area contributed by atoms with E-state index < -0.39 is 0 Å². The maximum absolute atomic E-state index is 13.8. The second-order valence-electron chi connectivity index (χ2n) is 8.36. The lowest BCUT2D eigenvalue weighted by Gasteiger charge is -2.27. The predicted octanol–water partition coefficient (Wildman–Crippen LogP) is 1.93. The van der Waals surface area contributed by atoms with Gasteiger partial charge in [-0.3, -0.25) is 14.2 Å². The fourth-order valence-corrected chi connectivity index (χ4v) is 4.74. The fraction of sp³-hybridized carbons (Fsp3) is 0.435. The smallest absolute Gasteiger partial charge is 0.263 e. The van der Waals surface area contributed by atoms with Crippen LogP contribution in [0.1, 0.15) is 35.9 Å². The number of anilines is 3.